The van der Waals surface area contributed by atoms with Gasteiger partial charge in [-0.25, -0.2) is 4.98 Å². The number of fused-ring (bicyclic) bond motifs is 2. The summed E-state index contributed by atoms with van der Waals surface area (Å²) in [7, 11) is 0. The molecule has 1 aliphatic carbocycles. The third-order valence-corrected chi connectivity index (χ3v) is 4.78. The molecule has 4 heteroatoms. The summed E-state index contributed by atoms with van der Waals surface area (Å²) in [5.74, 6) is 0.329. The minimum atomic E-state index is 0.0643. The lowest BCUT2D eigenvalue weighted by atomic mass is 9.88. The maximum atomic E-state index is 13.0. The summed E-state index contributed by atoms with van der Waals surface area (Å²) >= 11 is 0. The molecule has 4 nitrogen and oxygen atoms in total. The van der Waals surface area contributed by atoms with Gasteiger partial charge >= 0.3 is 0 Å². The van der Waals surface area contributed by atoms with Crippen LogP contribution in [0.4, 0.5) is 5.69 Å². The van der Waals surface area contributed by atoms with Gasteiger partial charge in [-0.15, -0.1) is 0 Å². The number of imidazole rings is 1. The Labute approximate surface area is 124 Å². The minimum absolute atomic E-state index is 0.0643. The van der Waals surface area contributed by atoms with Crippen LogP contribution >= 0.6 is 0 Å². The first-order chi connectivity index (χ1) is 10.2. The van der Waals surface area contributed by atoms with Crippen LogP contribution in [0, 0.1) is 5.92 Å². The maximum Gasteiger partial charge on any atom is 0.230 e. The molecule has 1 N–H and O–H groups in total. The highest BCUT2D eigenvalue weighted by Gasteiger charge is 2.36. The van der Waals surface area contributed by atoms with Crippen LogP contribution in [0.3, 0.4) is 0 Å². The van der Waals surface area contributed by atoms with Crippen LogP contribution in [0.2, 0.25) is 0 Å². The Morgan fingerprint density at radius 3 is 3.10 bits per heavy atom. The summed E-state index contributed by atoms with van der Waals surface area (Å²) in [6.07, 6.45) is 5.31. The number of para-hydroxylation sites is 1. The zero-order valence-corrected chi connectivity index (χ0v) is 12.2. The molecule has 2 heterocycles. The number of hydrogen-bond acceptors (Lipinski definition) is 2. The first-order valence-electron chi connectivity index (χ1n) is 7.66. The van der Waals surface area contributed by atoms with Gasteiger partial charge in [0.05, 0.1) is 12.0 Å². The van der Waals surface area contributed by atoms with Gasteiger partial charge in [0.25, 0.3) is 0 Å². The van der Waals surface area contributed by atoms with Crippen molar-refractivity contribution < 1.29 is 4.79 Å². The fourth-order valence-corrected chi connectivity index (χ4v) is 3.70. The van der Waals surface area contributed by atoms with Crippen LogP contribution in [-0.4, -0.2) is 21.9 Å². The number of carbonyl (C=O) groups is 1. The standard InChI is InChI=1S/C17H19N3O/c1-11-8-12-4-2-3-5-16(12)20(11)17(21)13-6-7-14-15(9-13)19-10-18-14/h2-5,10-11,13H,6-9H2,1H3,(H,18,19). The molecule has 1 aromatic heterocycles. The molecular weight excluding hydrogens is 262 g/mol. The molecule has 0 fully saturated rings. The molecule has 0 bridgehead atoms. The van der Waals surface area contributed by atoms with E-state index in [0.717, 1.165) is 37.1 Å². The van der Waals surface area contributed by atoms with E-state index in [4.69, 9.17) is 0 Å². The predicted octanol–water partition coefficient (Wildman–Crippen LogP) is 2.49. The Hall–Kier alpha value is -2.10. The smallest absolute Gasteiger partial charge is 0.230 e. The number of benzene rings is 1. The molecule has 2 atom stereocenters. The molecule has 1 amide bonds. The minimum Gasteiger partial charge on any atom is -0.348 e. The largest absolute Gasteiger partial charge is 0.348 e. The number of nitrogens with zero attached hydrogens (tertiary/aromatic N) is 2. The van der Waals surface area contributed by atoms with Crippen molar-refractivity contribution in [3.05, 3.63) is 47.5 Å². The highest BCUT2D eigenvalue weighted by molar-refractivity contribution is 5.97. The summed E-state index contributed by atoms with van der Waals surface area (Å²) < 4.78 is 0. The highest BCUT2D eigenvalue weighted by Crippen LogP contribution is 2.35. The summed E-state index contributed by atoms with van der Waals surface area (Å²) in [6, 6.07) is 8.53. The van der Waals surface area contributed by atoms with Crippen molar-refractivity contribution in [2.24, 2.45) is 5.92 Å². The van der Waals surface area contributed by atoms with Gasteiger partial charge in [0.1, 0.15) is 0 Å². The van der Waals surface area contributed by atoms with E-state index < -0.39 is 0 Å². The second kappa shape index (κ2) is 4.72. The molecule has 4 rings (SSSR count). The number of aromatic amines is 1. The van der Waals surface area contributed by atoms with Crippen LogP contribution in [-0.2, 0) is 24.1 Å². The SMILES string of the molecule is CC1Cc2ccccc2N1C(=O)C1CCc2[nH]cnc2C1. The summed E-state index contributed by atoms with van der Waals surface area (Å²) in [6.45, 7) is 2.14. The van der Waals surface area contributed by atoms with E-state index in [2.05, 4.69) is 35.1 Å². The lowest BCUT2D eigenvalue weighted by Crippen LogP contribution is -2.41. The van der Waals surface area contributed by atoms with Crippen molar-refractivity contribution in [1.29, 1.82) is 0 Å². The second-order valence-electron chi connectivity index (χ2n) is 6.16. The van der Waals surface area contributed by atoms with Gasteiger partial charge < -0.3 is 9.88 Å². The van der Waals surface area contributed by atoms with Crippen LogP contribution < -0.4 is 4.90 Å². The van der Waals surface area contributed by atoms with Gasteiger partial charge in [0.2, 0.25) is 5.91 Å². The van der Waals surface area contributed by atoms with E-state index >= 15 is 0 Å². The average Bonchev–Trinajstić information content (AvgIpc) is 3.08. The molecule has 0 saturated carbocycles. The Morgan fingerprint density at radius 2 is 2.19 bits per heavy atom. The van der Waals surface area contributed by atoms with Gasteiger partial charge in [-0.05, 0) is 37.8 Å². The fraction of sp³-hybridized carbons (Fsp3) is 0.412. The summed E-state index contributed by atoms with van der Waals surface area (Å²) in [4.78, 5) is 22.5. The van der Waals surface area contributed by atoms with Gasteiger partial charge in [-0.1, -0.05) is 18.2 Å². The lowest BCUT2D eigenvalue weighted by Gasteiger charge is -2.29. The highest BCUT2D eigenvalue weighted by atomic mass is 16.2. The van der Waals surface area contributed by atoms with Gasteiger partial charge in [-0.3, -0.25) is 4.79 Å². The lowest BCUT2D eigenvalue weighted by molar-refractivity contribution is -0.123. The quantitative estimate of drug-likeness (QED) is 0.873. The third kappa shape index (κ3) is 1.97. The van der Waals surface area contributed by atoms with Gasteiger partial charge in [0, 0.05) is 29.8 Å². The van der Waals surface area contributed by atoms with Crippen LogP contribution in [0.15, 0.2) is 30.6 Å². The maximum absolute atomic E-state index is 13.0. The number of hydrogen-bond donors (Lipinski definition) is 1. The molecule has 2 aromatic rings. The zero-order chi connectivity index (χ0) is 14.4. The summed E-state index contributed by atoms with van der Waals surface area (Å²) in [5, 5.41) is 0. The van der Waals surface area contributed by atoms with Crippen molar-refractivity contribution in [1.82, 2.24) is 9.97 Å². The molecule has 0 saturated heterocycles. The van der Waals surface area contributed by atoms with E-state index in [1.807, 2.05) is 11.0 Å². The number of nitrogens with one attached hydrogen (secondary N) is 1. The number of aryl methyl sites for hydroxylation is 1. The van der Waals surface area contributed by atoms with Crippen LogP contribution in [0.25, 0.3) is 0 Å². The molecule has 0 spiro atoms. The molecule has 0 radical (unpaired) electrons. The number of aromatic nitrogens is 2. The van der Waals surface area contributed by atoms with Crippen molar-refractivity contribution in [3.63, 3.8) is 0 Å². The second-order valence-corrected chi connectivity index (χ2v) is 6.16. The normalized spacial score (nSPS) is 23.8. The average molecular weight is 281 g/mol. The van der Waals surface area contributed by atoms with Crippen LogP contribution in [0.1, 0.15) is 30.3 Å². The van der Waals surface area contributed by atoms with Crippen molar-refractivity contribution in [2.75, 3.05) is 4.90 Å². The Kier molecular flexibility index (Phi) is 2.84. The Balaban J connectivity index is 1.61. The number of rotatable bonds is 1. The van der Waals surface area contributed by atoms with Crippen LogP contribution in [0.5, 0.6) is 0 Å². The Morgan fingerprint density at radius 1 is 1.33 bits per heavy atom. The van der Waals surface area contributed by atoms with E-state index in [9.17, 15) is 4.79 Å². The molecule has 2 unspecified atom stereocenters. The molecule has 1 aromatic carbocycles. The first-order valence-corrected chi connectivity index (χ1v) is 7.66. The van der Waals surface area contributed by atoms with E-state index in [-0.39, 0.29) is 17.9 Å². The fourth-order valence-electron chi connectivity index (χ4n) is 3.70. The third-order valence-electron chi connectivity index (χ3n) is 4.78. The predicted molar refractivity (Wildman–Crippen MR) is 81.2 cm³/mol. The Bertz CT molecular complexity index is 691. The van der Waals surface area contributed by atoms with Crippen molar-refractivity contribution >= 4 is 11.6 Å². The zero-order valence-electron chi connectivity index (χ0n) is 12.2. The molecule has 108 valence electrons. The van der Waals surface area contributed by atoms with Crippen molar-refractivity contribution in [2.45, 2.75) is 38.6 Å². The number of amides is 1. The van der Waals surface area contributed by atoms with Gasteiger partial charge in [0.15, 0.2) is 0 Å². The molecular formula is C17H19N3O. The van der Waals surface area contributed by atoms with E-state index in [1.54, 1.807) is 6.33 Å². The number of anilines is 1. The van der Waals surface area contributed by atoms with Gasteiger partial charge in [-0.2, -0.15) is 0 Å². The topological polar surface area (TPSA) is 49.0 Å². The molecule has 21 heavy (non-hydrogen) atoms. The van der Waals surface area contributed by atoms with E-state index in [0.29, 0.717) is 0 Å². The van der Waals surface area contributed by atoms with Crippen molar-refractivity contribution in [3.8, 4) is 0 Å². The molecule has 1 aliphatic heterocycles. The summed E-state index contributed by atoms with van der Waals surface area (Å²) in [5.41, 5.74) is 4.66. The first kappa shape index (κ1) is 12.6. The monoisotopic (exact) mass is 281 g/mol. The number of H-pyrrole nitrogens is 1. The van der Waals surface area contributed by atoms with E-state index in [1.165, 1.54) is 11.3 Å². The molecule has 2 aliphatic rings. The number of carbonyl (C=O) groups excluding carboxylic acids is 1.